The molecule has 0 aromatic rings. The number of nitrogens with zero attached hydrogens (tertiary/aromatic N) is 2. The predicted octanol–water partition coefficient (Wildman–Crippen LogP) is -0.554. The topological polar surface area (TPSA) is 180 Å². The number of hydrogen-bond donors (Lipinski definition) is 4. The maximum atomic E-state index is 4.81. The van der Waals surface area contributed by atoms with Gasteiger partial charge in [-0.25, -0.2) is 11.8 Å². The molecular formula is C24H68N6O9. The molecule has 0 saturated carbocycles. The van der Waals surface area contributed by atoms with Gasteiger partial charge in [0.1, 0.15) is 0 Å². The number of rotatable bonds is 16. The van der Waals surface area contributed by atoms with E-state index in [9.17, 15) is 0 Å². The van der Waals surface area contributed by atoms with Crippen LogP contribution in [0.3, 0.4) is 0 Å². The van der Waals surface area contributed by atoms with E-state index in [4.69, 9.17) is 16.4 Å². The predicted molar refractivity (Wildman–Crippen MR) is 159 cm³/mol. The SMILES string of the molecule is CCOC.CN(C)CCON.CNCOC.COCCN(C)C.COCCOC.COCCON.COCN. The molecule has 0 aliphatic carbocycles. The van der Waals surface area contributed by atoms with Gasteiger partial charge in [-0.1, -0.05) is 0 Å². The van der Waals surface area contributed by atoms with Crippen molar-refractivity contribution in [2.24, 2.45) is 17.5 Å². The number of nitrogens with one attached hydrogen (secondary N) is 1. The summed E-state index contributed by atoms with van der Waals surface area (Å²) in [6, 6.07) is 0. The van der Waals surface area contributed by atoms with Gasteiger partial charge in [-0.15, -0.1) is 0 Å². The van der Waals surface area contributed by atoms with Crippen LogP contribution in [0.5, 0.6) is 0 Å². The second kappa shape index (κ2) is 71.1. The molecule has 0 rings (SSSR count). The Morgan fingerprint density at radius 1 is 0.538 bits per heavy atom. The Labute approximate surface area is 240 Å². The summed E-state index contributed by atoms with van der Waals surface area (Å²) in [5.74, 6) is 9.38. The molecule has 0 saturated heterocycles. The molecule has 0 unspecified atom stereocenters. The minimum absolute atomic E-state index is 0.319. The van der Waals surface area contributed by atoms with Gasteiger partial charge in [-0.05, 0) is 42.2 Å². The normalized spacial score (nSPS) is 9.08. The molecule has 7 N–H and O–H groups in total. The monoisotopic (exact) mass is 585 g/mol. The first-order valence-corrected chi connectivity index (χ1v) is 12.3. The van der Waals surface area contributed by atoms with E-state index in [-0.39, 0.29) is 0 Å². The van der Waals surface area contributed by atoms with Gasteiger partial charge in [-0.2, -0.15) is 0 Å². The summed E-state index contributed by atoms with van der Waals surface area (Å²) in [6.45, 7) is 9.48. The summed E-state index contributed by atoms with van der Waals surface area (Å²) in [5.41, 5.74) is 4.81. The molecule has 0 heterocycles. The van der Waals surface area contributed by atoms with E-state index in [1.54, 1.807) is 49.8 Å². The van der Waals surface area contributed by atoms with Gasteiger partial charge in [-0.3, -0.25) is 5.32 Å². The van der Waals surface area contributed by atoms with Crippen LogP contribution in [-0.2, 0) is 42.8 Å². The van der Waals surface area contributed by atoms with Crippen LogP contribution in [0.1, 0.15) is 6.92 Å². The van der Waals surface area contributed by atoms with Crippen LogP contribution in [0, 0.1) is 0 Å². The fourth-order valence-electron chi connectivity index (χ4n) is 0.952. The lowest BCUT2D eigenvalue weighted by molar-refractivity contribution is 0.0712. The Balaban J connectivity index is -0.0000000619. The van der Waals surface area contributed by atoms with Crippen LogP contribution in [0.25, 0.3) is 0 Å². The fraction of sp³-hybridized carbons (Fsp3) is 1.00. The average molecular weight is 585 g/mol. The number of nitrogens with two attached hydrogens (primary N) is 3. The minimum Gasteiger partial charge on any atom is -0.385 e. The van der Waals surface area contributed by atoms with E-state index in [1.165, 1.54) is 0 Å². The van der Waals surface area contributed by atoms with E-state index >= 15 is 0 Å². The van der Waals surface area contributed by atoms with Crippen molar-refractivity contribution in [3.63, 3.8) is 0 Å². The van der Waals surface area contributed by atoms with Crippen molar-refractivity contribution in [2.45, 2.75) is 6.92 Å². The maximum absolute atomic E-state index is 4.81. The summed E-state index contributed by atoms with van der Waals surface area (Å²) >= 11 is 0. The average Bonchev–Trinajstić information content (AvgIpc) is 2.94. The molecule has 0 aromatic heterocycles. The first kappa shape index (κ1) is 54.5. The lowest BCUT2D eigenvalue weighted by atomic mass is 10.6. The molecule has 0 bridgehead atoms. The molecule has 0 aromatic carbocycles. The minimum atomic E-state index is 0.319. The van der Waals surface area contributed by atoms with Gasteiger partial charge in [0.15, 0.2) is 0 Å². The quantitative estimate of drug-likeness (QED) is 0.103. The van der Waals surface area contributed by atoms with E-state index in [0.29, 0.717) is 46.5 Å². The van der Waals surface area contributed by atoms with Crippen LogP contribution in [0.2, 0.25) is 0 Å². The smallest absolute Gasteiger partial charge is 0.0958 e. The molecule has 0 radical (unpaired) electrons. The van der Waals surface area contributed by atoms with Crippen molar-refractivity contribution in [3.05, 3.63) is 0 Å². The molecule has 0 fully saturated rings. The Kier molecular flexibility index (Phi) is 99.3. The first-order chi connectivity index (χ1) is 18.6. The van der Waals surface area contributed by atoms with Gasteiger partial charge in [0, 0.05) is 69.5 Å². The molecule has 0 spiro atoms. The highest BCUT2D eigenvalue weighted by Gasteiger charge is 1.84. The molecule has 15 nitrogen and oxygen atoms in total. The molecule has 248 valence electrons. The van der Waals surface area contributed by atoms with Crippen LogP contribution in [0.4, 0.5) is 0 Å². The zero-order chi connectivity index (χ0) is 32.0. The Bertz CT molecular complexity index is 267. The Morgan fingerprint density at radius 2 is 0.872 bits per heavy atom. The molecular weight excluding hydrogens is 516 g/mol. The Morgan fingerprint density at radius 3 is 0.974 bits per heavy atom. The number of hydrogen-bond acceptors (Lipinski definition) is 15. The van der Waals surface area contributed by atoms with Gasteiger partial charge < -0.3 is 58.4 Å². The summed E-state index contributed by atoms with van der Waals surface area (Å²) in [5, 5.41) is 2.80. The van der Waals surface area contributed by atoms with Gasteiger partial charge >= 0.3 is 0 Å². The van der Waals surface area contributed by atoms with Crippen molar-refractivity contribution < 1.29 is 42.8 Å². The third-order valence-corrected chi connectivity index (χ3v) is 3.04. The zero-order valence-corrected chi connectivity index (χ0v) is 27.6. The lowest BCUT2D eigenvalue weighted by Crippen LogP contribution is -2.19. The summed E-state index contributed by atoms with van der Waals surface area (Å²) in [4.78, 5) is 12.6. The van der Waals surface area contributed by atoms with Crippen LogP contribution in [0.15, 0.2) is 0 Å². The van der Waals surface area contributed by atoms with Gasteiger partial charge in [0.2, 0.25) is 0 Å². The van der Waals surface area contributed by atoms with Crippen molar-refractivity contribution in [3.8, 4) is 0 Å². The molecule has 15 heteroatoms. The van der Waals surface area contributed by atoms with E-state index < -0.39 is 0 Å². The third kappa shape index (κ3) is 155. The zero-order valence-electron chi connectivity index (χ0n) is 27.6. The Hall–Kier alpha value is -0.600. The molecule has 0 aliphatic rings. The third-order valence-electron chi connectivity index (χ3n) is 3.04. The van der Waals surface area contributed by atoms with Gasteiger partial charge in [0.05, 0.1) is 53.1 Å². The van der Waals surface area contributed by atoms with E-state index in [2.05, 4.69) is 54.2 Å². The standard InChI is InChI=1S/C5H13NO.C4H12N2O.C4H10O2.C3H9NO2.C3H9NO.C3H8O.C2H7NO/c1-6(2)4-5-7-3;1-6(2)3-4-7-5;1-5-3-4-6-2;1-5-2-3-6-4;1-4-3-5-2;1-3-4-2;1-4-2-3/h4-5H2,1-3H3;3-5H2,1-2H3;3-4H2,1-2H3;2-4H2,1H3;4H,3H2,1-2H3;3H2,1-2H3;2-3H2,1H3. The highest BCUT2D eigenvalue weighted by atomic mass is 16.6. The second-order valence-corrected chi connectivity index (χ2v) is 7.14. The first-order valence-electron chi connectivity index (χ1n) is 12.3. The number of ether oxygens (including phenoxy) is 7. The summed E-state index contributed by atoms with van der Waals surface area (Å²) in [7, 11) is 21.3. The van der Waals surface area contributed by atoms with Crippen molar-refractivity contribution in [1.29, 1.82) is 0 Å². The van der Waals surface area contributed by atoms with E-state index in [0.717, 1.165) is 26.3 Å². The fourth-order valence-corrected chi connectivity index (χ4v) is 0.952. The molecule has 39 heavy (non-hydrogen) atoms. The highest BCUT2D eigenvalue weighted by Crippen LogP contribution is 1.72. The lowest BCUT2D eigenvalue weighted by Gasteiger charge is -2.06. The molecule has 0 aliphatic heterocycles. The molecule has 0 atom stereocenters. The van der Waals surface area contributed by atoms with Crippen molar-refractivity contribution in [1.82, 2.24) is 15.1 Å². The maximum Gasteiger partial charge on any atom is 0.0958 e. The van der Waals surface area contributed by atoms with E-state index in [1.807, 2.05) is 47.1 Å². The number of likely N-dealkylation sites (N-methyl/N-ethyl adjacent to an activating group) is 2. The van der Waals surface area contributed by atoms with Crippen LogP contribution in [-0.4, -0.2) is 168 Å². The highest BCUT2D eigenvalue weighted by molar-refractivity contribution is 4.36. The molecule has 0 amide bonds. The summed E-state index contributed by atoms with van der Waals surface area (Å²) < 4.78 is 32.1. The number of methoxy groups -OCH3 is 7. The van der Waals surface area contributed by atoms with Crippen molar-refractivity contribution >= 4 is 0 Å². The van der Waals surface area contributed by atoms with Gasteiger partial charge in [0.25, 0.3) is 0 Å². The summed E-state index contributed by atoms with van der Waals surface area (Å²) in [6.07, 6.45) is 0. The van der Waals surface area contributed by atoms with Crippen LogP contribution < -0.4 is 22.8 Å². The van der Waals surface area contributed by atoms with Crippen LogP contribution >= 0.6 is 0 Å². The van der Waals surface area contributed by atoms with Crippen molar-refractivity contribution in [2.75, 3.05) is 158 Å². The second-order valence-electron chi connectivity index (χ2n) is 7.14. The largest absolute Gasteiger partial charge is 0.385 e.